The SMILES string of the molecule is O=C(Nc1ccc(SC(F)F)cc1)c1ccccc1C(=O)Nc1ccc(SC(F)F)cc1. The molecule has 3 aromatic carbocycles. The molecule has 0 aliphatic carbocycles. The topological polar surface area (TPSA) is 58.2 Å². The van der Waals surface area contributed by atoms with Gasteiger partial charge in [0, 0.05) is 21.2 Å². The van der Waals surface area contributed by atoms with Crippen LogP contribution in [0.1, 0.15) is 20.7 Å². The van der Waals surface area contributed by atoms with Gasteiger partial charge in [0.1, 0.15) is 0 Å². The molecule has 0 atom stereocenters. The van der Waals surface area contributed by atoms with E-state index in [1.165, 1.54) is 60.7 Å². The average molecular weight is 481 g/mol. The highest BCUT2D eigenvalue weighted by molar-refractivity contribution is 7.99. The summed E-state index contributed by atoms with van der Waals surface area (Å²) in [6.45, 7) is 0. The number of hydrogen-bond donors (Lipinski definition) is 2. The van der Waals surface area contributed by atoms with Crippen molar-refractivity contribution in [3.05, 3.63) is 83.9 Å². The van der Waals surface area contributed by atoms with Crippen LogP contribution in [0.4, 0.5) is 28.9 Å². The van der Waals surface area contributed by atoms with E-state index in [1.807, 2.05) is 0 Å². The number of amides is 2. The lowest BCUT2D eigenvalue weighted by Gasteiger charge is -2.11. The first kappa shape index (κ1) is 23.7. The molecule has 32 heavy (non-hydrogen) atoms. The summed E-state index contributed by atoms with van der Waals surface area (Å²) in [4.78, 5) is 26.1. The van der Waals surface area contributed by atoms with E-state index in [0.29, 0.717) is 44.7 Å². The molecule has 2 N–H and O–H groups in total. The number of benzene rings is 3. The van der Waals surface area contributed by atoms with Gasteiger partial charge in [-0.2, -0.15) is 17.6 Å². The first-order chi connectivity index (χ1) is 15.3. The molecule has 0 aliphatic heterocycles. The van der Waals surface area contributed by atoms with Crippen molar-refractivity contribution in [2.45, 2.75) is 21.3 Å². The maximum absolute atomic E-state index is 12.7. The molecule has 2 amide bonds. The summed E-state index contributed by atoms with van der Waals surface area (Å²) >= 11 is 0.792. The molecule has 10 heteroatoms. The lowest BCUT2D eigenvalue weighted by molar-refractivity contribution is 0.0990. The van der Waals surface area contributed by atoms with E-state index in [1.54, 1.807) is 12.1 Å². The normalized spacial score (nSPS) is 10.9. The molecule has 0 aliphatic rings. The number of hydrogen-bond acceptors (Lipinski definition) is 4. The van der Waals surface area contributed by atoms with Crippen molar-refractivity contribution in [1.82, 2.24) is 0 Å². The largest absolute Gasteiger partial charge is 0.322 e. The third-order valence-electron chi connectivity index (χ3n) is 4.09. The Morgan fingerprint density at radius 2 is 0.938 bits per heavy atom. The average Bonchev–Trinajstić information content (AvgIpc) is 2.75. The van der Waals surface area contributed by atoms with E-state index < -0.39 is 23.3 Å². The van der Waals surface area contributed by atoms with Gasteiger partial charge in [0.2, 0.25) is 0 Å². The quantitative estimate of drug-likeness (QED) is 0.274. The van der Waals surface area contributed by atoms with Crippen LogP contribution in [0.25, 0.3) is 0 Å². The van der Waals surface area contributed by atoms with E-state index in [-0.39, 0.29) is 11.1 Å². The Labute approximate surface area is 189 Å². The van der Waals surface area contributed by atoms with Crippen molar-refractivity contribution in [2.75, 3.05) is 10.6 Å². The van der Waals surface area contributed by atoms with Crippen molar-refractivity contribution < 1.29 is 27.2 Å². The minimum atomic E-state index is -2.54. The van der Waals surface area contributed by atoms with Crippen molar-refractivity contribution >= 4 is 46.7 Å². The van der Waals surface area contributed by atoms with Gasteiger partial charge in [-0.15, -0.1) is 0 Å². The molecule has 0 saturated carbocycles. The van der Waals surface area contributed by atoms with E-state index in [9.17, 15) is 27.2 Å². The summed E-state index contributed by atoms with van der Waals surface area (Å²) in [5, 5.41) is 5.27. The molecular formula is C22H16F4N2O2S2. The van der Waals surface area contributed by atoms with Crippen molar-refractivity contribution in [3.63, 3.8) is 0 Å². The standard InChI is InChI=1S/C22H16F4N2O2S2/c23-21(24)31-15-9-5-13(6-10-15)27-19(29)17-3-1-2-4-18(17)20(30)28-14-7-11-16(12-8-14)32-22(25)26/h1-12,21-22H,(H,27,29)(H,28,30). The molecule has 0 fully saturated rings. The van der Waals surface area contributed by atoms with Gasteiger partial charge >= 0.3 is 0 Å². The second-order valence-electron chi connectivity index (χ2n) is 6.26. The van der Waals surface area contributed by atoms with E-state index in [0.717, 1.165) is 0 Å². The Morgan fingerprint density at radius 3 is 1.25 bits per heavy atom. The Hall–Kier alpha value is -2.98. The lowest BCUT2D eigenvalue weighted by atomic mass is 10.1. The predicted octanol–water partition coefficient (Wildman–Crippen LogP) is 6.82. The van der Waals surface area contributed by atoms with Crippen LogP contribution in [0.15, 0.2) is 82.6 Å². The maximum atomic E-state index is 12.7. The number of thioether (sulfide) groups is 2. The summed E-state index contributed by atoms with van der Waals surface area (Å²) < 4.78 is 49.7. The Bertz CT molecular complexity index is 992. The highest BCUT2D eigenvalue weighted by atomic mass is 32.2. The fourth-order valence-corrected chi connectivity index (χ4v) is 3.71. The first-order valence-electron chi connectivity index (χ1n) is 9.13. The zero-order valence-electron chi connectivity index (χ0n) is 16.2. The number of carbonyl (C=O) groups excluding carboxylic acids is 2. The predicted molar refractivity (Wildman–Crippen MR) is 119 cm³/mol. The van der Waals surface area contributed by atoms with Crippen LogP contribution in [0, 0.1) is 0 Å². The van der Waals surface area contributed by atoms with E-state index in [4.69, 9.17) is 0 Å². The number of nitrogens with one attached hydrogen (secondary N) is 2. The van der Waals surface area contributed by atoms with E-state index >= 15 is 0 Å². The molecular weight excluding hydrogens is 464 g/mol. The van der Waals surface area contributed by atoms with Gasteiger partial charge in [0.25, 0.3) is 23.3 Å². The highest BCUT2D eigenvalue weighted by Crippen LogP contribution is 2.27. The van der Waals surface area contributed by atoms with Crippen LogP contribution in [0.3, 0.4) is 0 Å². The molecule has 0 radical (unpaired) electrons. The molecule has 0 heterocycles. The summed E-state index contributed by atoms with van der Waals surface area (Å²) in [7, 11) is 0. The molecule has 0 spiro atoms. The van der Waals surface area contributed by atoms with Gasteiger partial charge in [-0.1, -0.05) is 35.7 Å². The van der Waals surface area contributed by atoms with Crippen molar-refractivity contribution in [2.24, 2.45) is 0 Å². The maximum Gasteiger partial charge on any atom is 0.288 e. The van der Waals surface area contributed by atoms with Gasteiger partial charge in [-0.05, 0) is 60.7 Å². The summed E-state index contributed by atoms with van der Waals surface area (Å²) in [5.41, 5.74) is 0.994. The van der Waals surface area contributed by atoms with Gasteiger partial charge in [-0.3, -0.25) is 9.59 Å². The van der Waals surface area contributed by atoms with Crippen molar-refractivity contribution in [3.8, 4) is 0 Å². The Kier molecular flexibility index (Phi) is 8.18. The molecule has 3 aromatic rings. The van der Waals surface area contributed by atoms with Crippen LogP contribution in [-0.2, 0) is 0 Å². The second kappa shape index (κ2) is 11.1. The van der Waals surface area contributed by atoms with Crippen LogP contribution < -0.4 is 10.6 Å². The summed E-state index contributed by atoms with van der Waals surface area (Å²) in [6.07, 6.45) is 0. The van der Waals surface area contributed by atoms with Gasteiger partial charge in [0.15, 0.2) is 0 Å². The Morgan fingerprint density at radius 1 is 0.594 bits per heavy atom. The number of carbonyl (C=O) groups is 2. The van der Waals surface area contributed by atoms with E-state index in [2.05, 4.69) is 10.6 Å². The van der Waals surface area contributed by atoms with Gasteiger partial charge < -0.3 is 10.6 Å². The van der Waals surface area contributed by atoms with Crippen LogP contribution in [0.5, 0.6) is 0 Å². The van der Waals surface area contributed by atoms with Crippen LogP contribution in [0.2, 0.25) is 0 Å². The minimum absolute atomic E-state index is 0.112. The second-order valence-corrected chi connectivity index (χ2v) is 8.39. The summed E-state index contributed by atoms with van der Waals surface area (Å²) in [5.74, 6) is -6.18. The van der Waals surface area contributed by atoms with Crippen LogP contribution in [-0.4, -0.2) is 23.3 Å². The monoisotopic (exact) mass is 480 g/mol. The third-order valence-corrected chi connectivity index (χ3v) is 5.54. The van der Waals surface area contributed by atoms with Crippen molar-refractivity contribution in [1.29, 1.82) is 0 Å². The number of rotatable bonds is 8. The molecule has 4 nitrogen and oxygen atoms in total. The molecule has 0 unspecified atom stereocenters. The fraction of sp³-hybridized carbons (Fsp3) is 0.0909. The minimum Gasteiger partial charge on any atom is -0.322 e. The molecule has 0 bridgehead atoms. The van der Waals surface area contributed by atoms with Gasteiger partial charge in [0.05, 0.1) is 11.1 Å². The summed E-state index contributed by atoms with van der Waals surface area (Å²) in [6, 6.07) is 18.0. The highest BCUT2D eigenvalue weighted by Gasteiger charge is 2.17. The number of alkyl halides is 4. The third kappa shape index (κ3) is 6.76. The van der Waals surface area contributed by atoms with Crippen LogP contribution >= 0.6 is 23.5 Å². The Balaban J connectivity index is 1.70. The molecule has 166 valence electrons. The molecule has 3 rings (SSSR count). The molecule has 0 aromatic heterocycles. The number of anilines is 2. The first-order valence-corrected chi connectivity index (χ1v) is 10.9. The zero-order chi connectivity index (χ0) is 23.1. The lowest BCUT2D eigenvalue weighted by Crippen LogP contribution is -2.20. The zero-order valence-corrected chi connectivity index (χ0v) is 17.9. The smallest absolute Gasteiger partial charge is 0.288 e. The van der Waals surface area contributed by atoms with Gasteiger partial charge in [-0.25, -0.2) is 0 Å². The fourth-order valence-electron chi connectivity index (χ4n) is 2.72. The molecule has 0 saturated heterocycles. The number of halogens is 4.